The highest BCUT2D eigenvalue weighted by Gasteiger charge is 2.32. The van der Waals surface area contributed by atoms with Gasteiger partial charge >= 0.3 is 11.9 Å². The third-order valence-electron chi connectivity index (χ3n) is 2.51. The number of rotatable bonds is 1. The first-order valence-electron chi connectivity index (χ1n) is 5.22. The van der Waals surface area contributed by atoms with Crippen LogP contribution in [0.25, 0.3) is 11.3 Å². The van der Waals surface area contributed by atoms with Crippen molar-refractivity contribution < 1.29 is 17.6 Å². The average Bonchev–Trinajstić information content (AvgIpc) is 2.26. The summed E-state index contributed by atoms with van der Waals surface area (Å²) >= 11 is 0. The molecule has 0 unspecified atom stereocenters. The monoisotopic (exact) mass is 272 g/mol. The second-order valence-corrected chi connectivity index (χ2v) is 3.94. The summed E-state index contributed by atoms with van der Waals surface area (Å²) < 4.78 is 50.7. The van der Waals surface area contributed by atoms with Crippen LogP contribution in [0, 0.1) is 12.7 Å². The van der Waals surface area contributed by atoms with Crippen LogP contribution in [-0.4, -0.2) is 9.97 Å². The molecule has 0 aliphatic rings. The predicted octanol–water partition coefficient (Wildman–Crippen LogP) is 2.90. The van der Waals surface area contributed by atoms with E-state index in [9.17, 15) is 22.4 Å². The van der Waals surface area contributed by atoms with E-state index in [4.69, 9.17) is 0 Å². The minimum Gasteiger partial charge on any atom is -0.302 e. The molecule has 0 saturated carbocycles. The standard InChI is InChI=1S/C12H8F4N2O/c1-6-4-7(13)2-3-8(6)9-5-10(12(14,15)16)18-11(19)17-9/h2-5H,1H3,(H,17,18,19). The van der Waals surface area contributed by atoms with Crippen molar-refractivity contribution in [2.24, 2.45) is 0 Å². The molecule has 0 bridgehead atoms. The summed E-state index contributed by atoms with van der Waals surface area (Å²) in [5.41, 5.74) is -1.77. The Bertz CT molecular complexity index is 676. The number of hydrogen-bond donors (Lipinski definition) is 1. The number of H-pyrrole nitrogens is 1. The molecule has 1 aromatic carbocycles. The van der Waals surface area contributed by atoms with E-state index in [1.807, 2.05) is 0 Å². The van der Waals surface area contributed by atoms with E-state index in [0.29, 0.717) is 5.56 Å². The summed E-state index contributed by atoms with van der Waals surface area (Å²) in [6.07, 6.45) is -4.68. The molecular formula is C12H8F4N2O. The molecule has 2 aromatic rings. The van der Waals surface area contributed by atoms with Crippen molar-refractivity contribution in [2.75, 3.05) is 0 Å². The van der Waals surface area contributed by atoms with Gasteiger partial charge in [-0.3, -0.25) is 0 Å². The van der Waals surface area contributed by atoms with Crippen molar-refractivity contribution in [3.63, 3.8) is 0 Å². The number of aromatic amines is 1. The number of hydrogen-bond acceptors (Lipinski definition) is 2. The molecule has 0 fully saturated rings. The maximum absolute atomic E-state index is 12.9. The zero-order valence-electron chi connectivity index (χ0n) is 9.68. The fourth-order valence-electron chi connectivity index (χ4n) is 1.66. The lowest BCUT2D eigenvalue weighted by Crippen LogP contribution is -2.19. The maximum Gasteiger partial charge on any atom is 0.431 e. The van der Waals surface area contributed by atoms with Crippen LogP contribution in [0.15, 0.2) is 29.1 Å². The summed E-state index contributed by atoms with van der Waals surface area (Å²) in [6, 6.07) is 4.26. The first-order valence-corrected chi connectivity index (χ1v) is 5.22. The van der Waals surface area contributed by atoms with Gasteiger partial charge in [-0.1, -0.05) is 0 Å². The lowest BCUT2D eigenvalue weighted by atomic mass is 10.0. The molecule has 100 valence electrons. The van der Waals surface area contributed by atoms with Gasteiger partial charge in [-0.05, 0) is 36.8 Å². The van der Waals surface area contributed by atoms with Gasteiger partial charge in [-0.15, -0.1) is 0 Å². The van der Waals surface area contributed by atoms with Crippen LogP contribution in [-0.2, 0) is 6.18 Å². The van der Waals surface area contributed by atoms with Gasteiger partial charge in [0.2, 0.25) is 0 Å². The highest BCUT2D eigenvalue weighted by Crippen LogP contribution is 2.29. The van der Waals surface area contributed by atoms with E-state index in [-0.39, 0.29) is 11.3 Å². The van der Waals surface area contributed by atoms with Gasteiger partial charge in [0.25, 0.3) is 0 Å². The minimum absolute atomic E-state index is 0.145. The van der Waals surface area contributed by atoms with Gasteiger partial charge in [-0.25, -0.2) is 9.18 Å². The number of aromatic nitrogens is 2. The minimum atomic E-state index is -4.68. The Balaban J connectivity index is 2.63. The zero-order chi connectivity index (χ0) is 14.2. The Morgan fingerprint density at radius 2 is 1.89 bits per heavy atom. The van der Waals surface area contributed by atoms with Crippen LogP contribution < -0.4 is 5.69 Å². The second-order valence-electron chi connectivity index (χ2n) is 3.94. The largest absolute Gasteiger partial charge is 0.431 e. The molecule has 0 aliphatic heterocycles. The normalized spacial score (nSPS) is 11.6. The quantitative estimate of drug-likeness (QED) is 0.811. The van der Waals surface area contributed by atoms with Crippen molar-refractivity contribution in [1.82, 2.24) is 9.97 Å². The molecule has 0 atom stereocenters. The van der Waals surface area contributed by atoms with E-state index < -0.39 is 23.4 Å². The molecule has 1 heterocycles. The number of benzene rings is 1. The SMILES string of the molecule is Cc1cc(F)ccc1-c1cc(C(F)(F)F)[nH]c(=O)n1. The Morgan fingerprint density at radius 1 is 1.21 bits per heavy atom. The lowest BCUT2D eigenvalue weighted by molar-refractivity contribution is -0.141. The van der Waals surface area contributed by atoms with Crippen LogP contribution in [0.4, 0.5) is 17.6 Å². The summed E-state index contributed by atoms with van der Waals surface area (Å²) in [6.45, 7) is 1.52. The van der Waals surface area contributed by atoms with Gasteiger partial charge < -0.3 is 4.98 Å². The number of halogens is 4. The van der Waals surface area contributed by atoms with Crippen LogP contribution in [0.1, 0.15) is 11.3 Å². The lowest BCUT2D eigenvalue weighted by Gasteiger charge is -2.09. The number of nitrogens with zero attached hydrogens (tertiary/aromatic N) is 1. The Morgan fingerprint density at radius 3 is 2.47 bits per heavy atom. The molecule has 0 radical (unpaired) electrons. The average molecular weight is 272 g/mol. The Hall–Kier alpha value is -2.18. The van der Waals surface area contributed by atoms with E-state index >= 15 is 0 Å². The third-order valence-corrected chi connectivity index (χ3v) is 2.51. The summed E-state index contributed by atoms with van der Waals surface area (Å²) in [5.74, 6) is -0.512. The van der Waals surface area contributed by atoms with Crippen molar-refractivity contribution in [3.8, 4) is 11.3 Å². The van der Waals surface area contributed by atoms with Gasteiger partial charge in [0.1, 0.15) is 11.5 Å². The van der Waals surface area contributed by atoms with Crippen molar-refractivity contribution in [2.45, 2.75) is 13.1 Å². The molecule has 0 spiro atoms. The molecule has 19 heavy (non-hydrogen) atoms. The predicted molar refractivity (Wildman–Crippen MR) is 60.0 cm³/mol. The fourth-order valence-corrected chi connectivity index (χ4v) is 1.66. The first-order chi connectivity index (χ1) is 8.77. The number of aryl methyl sites for hydroxylation is 1. The first kappa shape index (κ1) is 13.3. The van der Waals surface area contributed by atoms with Crippen LogP contribution in [0.5, 0.6) is 0 Å². The summed E-state index contributed by atoms with van der Waals surface area (Å²) in [5, 5.41) is 0. The van der Waals surface area contributed by atoms with E-state index in [1.165, 1.54) is 13.0 Å². The van der Waals surface area contributed by atoms with Gasteiger partial charge in [0.15, 0.2) is 0 Å². The van der Waals surface area contributed by atoms with Gasteiger partial charge in [0.05, 0.1) is 5.69 Å². The van der Waals surface area contributed by atoms with E-state index in [1.54, 1.807) is 4.98 Å². The Labute approximate surface area is 104 Å². The molecule has 2 rings (SSSR count). The topological polar surface area (TPSA) is 45.8 Å². The highest BCUT2D eigenvalue weighted by atomic mass is 19.4. The molecule has 7 heteroatoms. The third kappa shape index (κ3) is 2.81. The molecular weight excluding hydrogens is 264 g/mol. The van der Waals surface area contributed by atoms with Crippen LogP contribution >= 0.6 is 0 Å². The molecule has 1 N–H and O–H groups in total. The fraction of sp³-hybridized carbons (Fsp3) is 0.167. The van der Waals surface area contributed by atoms with Crippen molar-refractivity contribution in [3.05, 3.63) is 51.8 Å². The Kier molecular flexibility index (Phi) is 3.13. The molecule has 0 aliphatic carbocycles. The van der Waals surface area contributed by atoms with Crippen molar-refractivity contribution >= 4 is 0 Å². The molecule has 1 aromatic heterocycles. The second kappa shape index (κ2) is 4.49. The van der Waals surface area contributed by atoms with Crippen molar-refractivity contribution in [1.29, 1.82) is 0 Å². The van der Waals surface area contributed by atoms with E-state index in [2.05, 4.69) is 4.98 Å². The summed E-state index contributed by atoms with van der Waals surface area (Å²) in [7, 11) is 0. The smallest absolute Gasteiger partial charge is 0.302 e. The molecule has 0 amide bonds. The van der Waals surface area contributed by atoms with E-state index in [0.717, 1.165) is 18.2 Å². The molecule has 3 nitrogen and oxygen atoms in total. The maximum atomic E-state index is 12.9. The zero-order valence-corrected chi connectivity index (χ0v) is 9.68. The van der Waals surface area contributed by atoms with Gasteiger partial charge in [0, 0.05) is 5.56 Å². The number of alkyl halides is 3. The van der Waals surface area contributed by atoms with Crippen LogP contribution in [0.2, 0.25) is 0 Å². The number of nitrogens with one attached hydrogen (secondary N) is 1. The van der Waals surface area contributed by atoms with Crippen LogP contribution in [0.3, 0.4) is 0 Å². The summed E-state index contributed by atoms with van der Waals surface area (Å²) in [4.78, 5) is 16.3. The molecule has 0 saturated heterocycles. The highest BCUT2D eigenvalue weighted by molar-refractivity contribution is 5.63. The van der Waals surface area contributed by atoms with Gasteiger partial charge in [-0.2, -0.15) is 18.2 Å².